The summed E-state index contributed by atoms with van der Waals surface area (Å²) in [6.07, 6.45) is 3.64. The van der Waals surface area contributed by atoms with Gasteiger partial charge in [-0.15, -0.1) is 0 Å². The molecule has 0 saturated heterocycles. The number of hydrogen-bond donors (Lipinski definition) is 0. The Balaban J connectivity index is 2.92. The molecular weight excluding hydrogens is 120 g/mol. The fourth-order valence-electron chi connectivity index (χ4n) is 0.536. The van der Waals surface area contributed by atoms with Crippen LogP contribution in [0.15, 0.2) is 12.4 Å². The lowest BCUT2D eigenvalue weighted by Crippen LogP contribution is -1.91. The fraction of sp³-hybridized carbons (Fsp3) is 0.400. The smallest absolute Gasteiger partial charge is 0.119 e. The third kappa shape index (κ3) is 0.865. The first kappa shape index (κ1) is 5.69. The number of aryl methyl sites for hydroxylation is 1. The first-order chi connectivity index (χ1) is 3.84. The molecule has 0 unspecified atom stereocenters. The normalized spacial score (nSPS) is 9.75. The van der Waals surface area contributed by atoms with Crippen LogP contribution in [0.4, 0.5) is 0 Å². The molecule has 43 valence electrons. The largest absolute Gasteiger partial charge is 0.337 e. The van der Waals surface area contributed by atoms with Gasteiger partial charge in [0.1, 0.15) is 5.82 Å². The zero-order valence-electron chi connectivity index (χ0n) is 4.66. The van der Waals surface area contributed by atoms with E-state index in [0.29, 0.717) is 5.75 Å². The molecule has 1 heterocycles. The molecule has 3 heteroatoms. The van der Waals surface area contributed by atoms with Crippen LogP contribution in [0.5, 0.6) is 0 Å². The Morgan fingerprint density at radius 3 is 2.88 bits per heavy atom. The van der Waals surface area contributed by atoms with Gasteiger partial charge in [-0.05, 0) is 0 Å². The van der Waals surface area contributed by atoms with Gasteiger partial charge in [-0.2, -0.15) is 0 Å². The zero-order chi connectivity index (χ0) is 5.98. The molecule has 0 aliphatic rings. The summed E-state index contributed by atoms with van der Waals surface area (Å²) in [4.78, 5) is 3.99. The maximum absolute atomic E-state index is 4.78. The molecule has 0 aliphatic heterocycles. The molecule has 0 atom stereocenters. The third-order valence-corrected chi connectivity index (χ3v) is 1.31. The van der Waals surface area contributed by atoms with Gasteiger partial charge in [-0.3, -0.25) is 0 Å². The van der Waals surface area contributed by atoms with E-state index in [-0.39, 0.29) is 0 Å². The Bertz CT molecular complexity index is 171. The molecule has 0 aromatic carbocycles. The molecule has 0 amide bonds. The van der Waals surface area contributed by atoms with E-state index in [2.05, 4.69) is 4.98 Å². The van der Waals surface area contributed by atoms with Crippen LogP contribution in [0, 0.1) is 0 Å². The highest BCUT2D eigenvalue weighted by molar-refractivity contribution is 7.79. The fourth-order valence-corrected chi connectivity index (χ4v) is 0.814. The predicted molar refractivity (Wildman–Crippen MR) is 34.5 cm³/mol. The lowest BCUT2D eigenvalue weighted by Gasteiger charge is -1.91. The average molecular weight is 127 g/mol. The summed E-state index contributed by atoms with van der Waals surface area (Å²) in [7, 11) is 1.94. The summed E-state index contributed by atoms with van der Waals surface area (Å²) in [6.45, 7) is 0. The van der Waals surface area contributed by atoms with Crippen LogP contribution in [-0.4, -0.2) is 9.55 Å². The second-order valence-electron chi connectivity index (χ2n) is 1.60. The quantitative estimate of drug-likeness (QED) is 0.552. The molecule has 1 aromatic heterocycles. The van der Waals surface area contributed by atoms with E-state index in [1.165, 1.54) is 0 Å². The van der Waals surface area contributed by atoms with Gasteiger partial charge in [0.15, 0.2) is 0 Å². The molecular formula is C5H7N2S. The Kier molecular flexibility index (Phi) is 1.58. The van der Waals surface area contributed by atoms with Crippen molar-refractivity contribution in [2.45, 2.75) is 5.75 Å². The van der Waals surface area contributed by atoms with Crippen molar-refractivity contribution in [3.05, 3.63) is 18.2 Å². The highest BCUT2D eigenvalue weighted by atomic mass is 32.1. The van der Waals surface area contributed by atoms with Crippen molar-refractivity contribution in [3.8, 4) is 0 Å². The van der Waals surface area contributed by atoms with E-state index in [4.69, 9.17) is 12.6 Å². The van der Waals surface area contributed by atoms with Gasteiger partial charge in [0.2, 0.25) is 0 Å². The van der Waals surface area contributed by atoms with Crippen LogP contribution in [-0.2, 0) is 12.8 Å². The summed E-state index contributed by atoms with van der Waals surface area (Å²) in [5.74, 6) is 1.56. The Labute approximate surface area is 54.0 Å². The number of nitrogens with zero attached hydrogens (tertiary/aromatic N) is 2. The highest BCUT2D eigenvalue weighted by Gasteiger charge is 1.91. The minimum absolute atomic E-state index is 0.601. The summed E-state index contributed by atoms with van der Waals surface area (Å²) < 4.78 is 1.92. The number of aromatic nitrogens is 2. The van der Waals surface area contributed by atoms with Crippen molar-refractivity contribution < 1.29 is 0 Å². The van der Waals surface area contributed by atoms with Crippen molar-refractivity contribution in [2.24, 2.45) is 7.05 Å². The van der Waals surface area contributed by atoms with E-state index < -0.39 is 0 Å². The van der Waals surface area contributed by atoms with Crippen LogP contribution in [0.3, 0.4) is 0 Å². The van der Waals surface area contributed by atoms with Crippen LogP contribution >= 0.6 is 12.6 Å². The monoisotopic (exact) mass is 127 g/mol. The van der Waals surface area contributed by atoms with Crippen molar-refractivity contribution >= 4 is 12.6 Å². The summed E-state index contributed by atoms with van der Waals surface area (Å²) >= 11 is 4.78. The summed E-state index contributed by atoms with van der Waals surface area (Å²) in [5, 5.41) is 0. The van der Waals surface area contributed by atoms with Crippen LogP contribution in [0.2, 0.25) is 0 Å². The first-order valence-electron chi connectivity index (χ1n) is 2.39. The predicted octanol–water partition coefficient (Wildman–Crippen LogP) is 1.12. The minimum atomic E-state index is 0.601. The Morgan fingerprint density at radius 2 is 2.62 bits per heavy atom. The van der Waals surface area contributed by atoms with Gasteiger partial charge in [0.05, 0.1) is 5.75 Å². The molecule has 0 aliphatic carbocycles. The van der Waals surface area contributed by atoms with Gasteiger partial charge in [-0.25, -0.2) is 4.98 Å². The number of imidazole rings is 1. The van der Waals surface area contributed by atoms with Crippen LogP contribution in [0.1, 0.15) is 5.82 Å². The minimum Gasteiger partial charge on any atom is -0.337 e. The van der Waals surface area contributed by atoms with E-state index in [0.717, 1.165) is 5.82 Å². The van der Waals surface area contributed by atoms with Gasteiger partial charge >= 0.3 is 0 Å². The SMILES string of the molecule is Cn1ccnc1C[S]. The Hall–Kier alpha value is -0.440. The molecule has 1 radical (unpaired) electrons. The molecule has 0 saturated carbocycles. The van der Waals surface area contributed by atoms with E-state index in [1.807, 2.05) is 17.8 Å². The standard InChI is InChI=1S/C5H7N2S/c1-7-3-2-6-5(7)4-8/h2-3H,4H2,1H3. The molecule has 0 fully saturated rings. The lowest BCUT2D eigenvalue weighted by molar-refractivity contribution is 0.850. The zero-order valence-corrected chi connectivity index (χ0v) is 5.48. The van der Waals surface area contributed by atoms with Crippen molar-refractivity contribution in [1.82, 2.24) is 9.55 Å². The van der Waals surface area contributed by atoms with E-state index >= 15 is 0 Å². The Morgan fingerprint density at radius 1 is 1.88 bits per heavy atom. The molecule has 8 heavy (non-hydrogen) atoms. The summed E-state index contributed by atoms with van der Waals surface area (Å²) in [6, 6.07) is 0. The van der Waals surface area contributed by atoms with Gasteiger partial charge in [0.25, 0.3) is 0 Å². The maximum atomic E-state index is 4.78. The number of hydrogen-bond acceptors (Lipinski definition) is 1. The first-order valence-corrected chi connectivity index (χ1v) is 2.96. The topological polar surface area (TPSA) is 17.8 Å². The van der Waals surface area contributed by atoms with Gasteiger partial charge in [-0.1, -0.05) is 12.6 Å². The molecule has 0 bridgehead atoms. The molecule has 1 aromatic rings. The van der Waals surface area contributed by atoms with Crippen LogP contribution < -0.4 is 0 Å². The van der Waals surface area contributed by atoms with Crippen LogP contribution in [0.25, 0.3) is 0 Å². The van der Waals surface area contributed by atoms with Crippen molar-refractivity contribution in [1.29, 1.82) is 0 Å². The molecule has 2 nitrogen and oxygen atoms in total. The maximum Gasteiger partial charge on any atom is 0.119 e. The highest BCUT2D eigenvalue weighted by Crippen LogP contribution is 1.96. The summed E-state index contributed by atoms with van der Waals surface area (Å²) in [5.41, 5.74) is 0. The van der Waals surface area contributed by atoms with Crippen molar-refractivity contribution in [2.75, 3.05) is 0 Å². The average Bonchev–Trinajstić information content (AvgIpc) is 2.14. The second-order valence-corrected chi connectivity index (χ2v) is 1.89. The lowest BCUT2D eigenvalue weighted by atomic mass is 10.7. The van der Waals surface area contributed by atoms with E-state index in [1.54, 1.807) is 6.20 Å². The van der Waals surface area contributed by atoms with Gasteiger partial charge in [0, 0.05) is 19.4 Å². The second kappa shape index (κ2) is 2.22. The third-order valence-electron chi connectivity index (χ3n) is 1.05. The van der Waals surface area contributed by atoms with Crippen molar-refractivity contribution in [3.63, 3.8) is 0 Å². The molecule has 1 rings (SSSR count). The van der Waals surface area contributed by atoms with Gasteiger partial charge < -0.3 is 4.57 Å². The molecule has 0 N–H and O–H groups in total. The van der Waals surface area contributed by atoms with E-state index in [9.17, 15) is 0 Å². The molecule has 0 spiro atoms. The number of rotatable bonds is 1.